The molecule has 3 nitrogen and oxygen atoms in total. The zero-order valence-electron chi connectivity index (χ0n) is 10.5. The standard InChI is InChI=1S/C12H25NO2S/c1-3-16(14,15)10-11(2)13-9-12-7-5-4-6-8-12/h11-13H,3-10H2,1-2H3. The van der Waals surface area contributed by atoms with Crippen LogP contribution in [0.2, 0.25) is 0 Å². The van der Waals surface area contributed by atoms with Crippen molar-refractivity contribution in [2.45, 2.75) is 52.0 Å². The van der Waals surface area contributed by atoms with E-state index in [1.54, 1.807) is 6.92 Å². The maximum atomic E-state index is 11.4. The number of sulfone groups is 1. The van der Waals surface area contributed by atoms with E-state index in [1.165, 1.54) is 32.1 Å². The fourth-order valence-corrected chi connectivity index (χ4v) is 3.43. The minimum absolute atomic E-state index is 0.0897. The predicted octanol–water partition coefficient (Wildman–Crippen LogP) is 1.98. The van der Waals surface area contributed by atoms with Crippen molar-refractivity contribution in [3.63, 3.8) is 0 Å². The lowest BCUT2D eigenvalue weighted by Gasteiger charge is -2.23. The molecule has 1 aliphatic carbocycles. The third-order valence-electron chi connectivity index (χ3n) is 3.42. The lowest BCUT2D eigenvalue weighted by atomic mass is 9.89. The first-order chi connectivity index (χ1) is 7.53. The van der Waals surface area contributed by atoms with Gasteiger partial charge in [-0.05, 0) is 32.2 Å². The Balaban J connectivity index is 2.21. The van der Waals surface area contributed by atoms with Gasteiger partial charge in [0.15, 0.2) is 9.84 Å². The van der Waals surface area contributed by atoms with Gasteiger partial charge in [0.25, 0.3) is 0 Å². The average molecular weight is 247 g/mol. The molecule has 0 aromatic carbocycles. The van der Waals surface area contributed by atoms with E-state index in [9.17, 15) is 8.42 Å². The Hall–Kier alpha value is -0.0900. The van der Waals surface area contributed by atoms with Crippen LogP contribution in [0, 0.1) is 5.92 Å². The third-order valence-corrected chi connectivity index (χ3v) is 5.31. The SMILES string of the molecule is CCS(=O)(=O)CC(C)NCC1CCCCC1. The molecular formula is C12H25NO2S. The van der Waals surface area contributed by atoms with Gasteiger partial charge in [-0.3, -0.25) is 0 Å². The zero-order valence-corrected chi connectivity index (χ0v) is 11.4. The van der Waals surface area contributed by atoms with Crippen LogP contribution in [0.15, 0.2) is 0 Å². The minimum atomic E-state index is -2.83. The van der Waals surface area contributed by atoms with Gasteiger partial charge >= 0.3 is 0 Å². The maximum absolute atomic E-state index is 11.4. The van der Waals surface area contributed by atoms with E-state index in [0.29, 0.717) is 0 Å². The lowest BCUT2D eigenvalue weighted by molar-refractivity contribution is 0.334. The molecule has 1 aliphatic rings. The molecule has 1 fully saturated rings. The van der Waals surface area contributed by atoms with Crippen LogP contribution in [-0.2, 0) is 9.84 Å². The van der Waals surface area contributed by atoms with Crippen molar-refractivity contribution in [1.82, 2.24) is 5.32 Å². The molecule has 1 atom stereocenters. The monoisotopic (exact) mass is 247 g/mol. The summed E-state index contributed by atoms with van der Waals surface area (Å²) in [7, 11) is -2.83. The summed E-state index contributed by atoms with van der Waals surface area (Å²) in [5, 5.41) is 3.36. The molecule has 0 amide bonds. The Kier molecular flexibility index (Phi) is 5.76. The van der Waals surface area contributed by atoms with E-state index in [0.717, 1.165) is 12.5 Å². The molecule has 16 heavy (non-hydrogen) atoms. The van der Waals surface area contributed by atoms with Crippen LogP contribution in [0.25, 0.3) is 0 Å². The second-order valence-corrected chi connectivity index (χ2v) is 7.41. The minimum Gasteiger partial charge on any atom is -0.313 e. The van der Waals surface area contributed by atoms with Gasteiger partial charge in [-0.2, -0.15) is 0 Å². The van der Waals surface area contributed by atoms with Crippen LogP contribution in [0.5, 0.6) is 0 Å². The molecule has 1 rings (SSSR count). The van der Waals surface area contributed by atoms with Crippen LogP contribution < -0.4 is 5.32 Å². The summed E-state index contributed by atoms with van der Waals surface area (Å²) >= 11 is 0. The predicted molar refractivity (Wildman–Crippen MR) is 68.4 cm³/mol. The summed E-state index contributed by atoms with van der Waals surface area (Å²) in [6, 6.07) is 0.0897. The summed E-state index contributed by atoms with van der Waals surface area (Å²) in [5.41, 5.74) is 0. The molecule has 96 valence electrons. The second kappa shape index (κ2) is 6.60. The Bertz CT molecular complexity index is 281. The van der Waals surface area contributed by atoms with E-state index in [-0.39, 0.29) is 17.5 Å². The van der Waals surface area contributed by atoms with Gasteiger partial charge in [-0.25, -0.2) is 8.42 Å². The Morgan fingerprint density at radius 2 is 1.88 bits per heavy atom. The van der Waals surface area contributed by atoms with Gasteiger partial charge in [-0.1, -0.05) is 26.2 Å². The summed E-state index contributed by atoms with van der Waals surface area (Å²) in [6.45, 7) is 4.67. The summed E-state index contributed by atoms with van der Waals surface area (Å²) < 4.78 is 22.8. The summed E-state index contributed by atoms with van der Waals surface area (Å²) in [4.78, 5) is 0. The molecule has 1 N–H and O–H groups in total. The molecule has 0 heterocycles. The highest BCUT2D eigenvalue weighted by molar-refractivity contribution is 7.91. The van der Waals surface area contributed by atoms with Crippen LogP contribution in [-0.4, -0.2) is 32.5 Å². The van der Waals surface area contributed by atoms with Crippen LogP contribution in [0.3, 0.4) is 0 Å². The van der Waals surface area contributed by atoms with E-state index in [2.05, 4.69) is 5.32 Å². The first-order valence-corrected chi connectivity index (χ1v) is 8.29. The normalized spacial score (nSPS) is 20.9. The largest absolute Gasteiger partial charge is 0.313 e. The highest BCUT2D eigenvalue weighted by atomic mass is 32.2. The highest BCUT2D eigenvalue weighted by Gasteiger charge is 2.16. The topological polar surface area (TPSA) is 46.2 Å². The number of hydrogen-bond acceptors (Lipinski definition) is 3. The van der Waals surface area contributed by atoms with Gasteiger partial charge in [0.1, 0.15) is 0 Å². The molecule has 1 saturated carbocycles. The van der Waals surface area contributed by atoms with Crippen molar-refractivity contribution in [3.05, 3.63) is 0 Å². The molecule has 0 saturated heterocycles. The third kappa shape index (κ3) is 5.30. The van der Waals surface area contributed by atoms with Crippen molar-refractivity contribution in [3.8, 4) is 0 Å². The molecule has 1 unspecified atom stereocenters. The highest BCUT2D eigenvalue weighted by Crippen LogP contribution is 2.22. The molecule has 0 spiro atoms. The Morgan fingerprint density at radius 1 is 1.25 bits per heavy atom. The zero-order chi connectivity index (χ0) is 12.0. The molecule has 0 bridgehead atoms. The molecule has 0 aromatic heterocycles. The van der Waals surface area contributed by atoms with Gasteiger partial charge in [0.2, 0.25) is 0 Å². The van der Waals surface area contributed by atoms with Crippen molar-refractivity contribution >= 4 is 9.84 Å². The molecule has 0 aliphatic heterocycles. The van der Waals surface area contributed by atoms with Gasteiger partial charge in [0, 0.05) is 11.8 Å². The van der Waals surface area contributed by atoms with Gasteiger partial charge < -0.3 is 5.32 Å². The van der Waals surface area contributed by atoms with E-state index < -0.39 is 9.84 Å². The number of hydrogen-bond donors (Lipinski definition) is 1. The van der Waals surface area contributed by atoms with Gasteiger partial charge in [0.05, 0.1) is 5.75 Å². The first-order valence-electron chi connectivity index (χ1n) is 6.47. The molecule has 4 heteroatoms. The fraction of sp³-hybridized carbons (Fsp3) is 1.00. The lowest BCUT2D eigenvalue weighted by Crippen LogP contribution is -2.37. The fourth-order valence-electron chi connectivity index (χ4n) is 2.32. The van der Waals surface area contributed by atoms with E-state index in [4.69, 9.17) is 0 Å². The molecule has 0 radical (unpaired) electrons. The maximum Gasteiger partial charge on any atom is 0.151 e. The number of rotatable bonds is 6. The quantitative estimate of drug-likeness (QED) is 0.780. The molecule has 0 aromatic rings. The van der Waals surface area contributed by atoms with Crippen LogP contribution >= 0.6 is 0 Å². The molecular weight excluding hydrogens is 222 g/mol. The smallest absolute Gasteiger partial charge is 0.151 e. The van der Waals surface area contributed by atoms with E-state index in [1.807, 2.05) is 6.92 Å². The second-order valence-electron chi connectivity index (χ2n) is 5.01. The summed E-state index contributed by atoms with van der Waals surface area (Å²) in [6.07, 6.45) is 6.67. The summed E-state index contributed by atoms with van der Waals surface area (Å²) in [5.74, 6) is 1.29. The van der Waals surface area contributed by atoms with Crippen LogP contribution in [0.4, 0.5) is 0 Å². The van der Waals surface area contributed by atoms with Crippen molar-refractivity contribution in [2.75, 3.05) is 18.1 Å². The van der Waals surface area contributed by atoms with Crippen LogP contribution in [0.1, 0.15) is 46.0 Å². The van der Waals surface area contributed by atoms with Crippen molar-refractivity contribution in [1.29, 1.82) is 0 Å². The Labute approximate surface area is 99.9 Å². The van der Waals surface area contributed by atoms with E-state index >= 15 is 0 Å². The van der Waals surface area contributed by atoms with Crippen molar-refractivity contribution in [2.24, 2.45) is 5.92 Å². The Morgan fingerprint density at radius 3 is 2.44 bits per heavy atom. The first kappa shape index (κ1) is 14.0. The van der Waals surface area contributed by atoms with Crippen molar-refractivity contribution < 1.29 is 8.42 Å². The van der Waals surface area contributed by atoms with Gasteiger partial charge in [-0.15, -0.1) is 0 Å². The average Bonchev–Trinajstić information content (AvgIpc) is 2.27. The number of nitrogens with one attached hydrogen (secondary N) is 1.